The SMILES string of the molecule is COc1cccc(C2(C)OC(NS(C)(=O)=O)=C(O)C2=O)c1. The predicted octanol–water partition coefficient (Wildman–Crippen LogP) is 0.786. The molecule has 2 rings (SSSR count). The van der Waals surface area contributed by atoms with Crippen LogP contribution < -0.4 is 9.46 Å². The number of ketones is 1. The highest BCUT2D eigenvalue weighted by atomic mass is 32.2. The van der Waals surface area contributed by atoms with E-state index < -0.39 is 33.0 Å². The van der Waals surface area contributed by atoms with Crippen LogP contribution >= 0.6 is 0 Å². The molecular formula is C13H15NO6S. The molecule has 0 aromatic heterocycles. The van der Waals surface area contributed by atoms with Gasteiger partial charge in [-0.1, -0.05) is 12.1 Å². The van der Waals surface area contributed by atoms with E-state index in [9.17, 15) is 18.3 Å². The lowest BCUT2D eigenvalue weighted by Gasteiger charge is -2.23. The predicted molar refractivity (Wildman–Crippen MR) is 74.1 cm³/mol. The van der Waals surface area contributed by atoms with Crippen molar-refractivity contribution < 1.29 is 27.8 Å². The standard InChI is InChI=1S/C13H15NO6S/c1-13(8-5-4-6-9(7-8)19-2)11(16)10(15)12(20-13)14-21(3,17)18/h4-7,14-15H,1-3H3. The van der Waals surface area contributed by atoms with Crippen LogP contribution in [0.5, 0.6) is 5.75 Å². The van der Waals surface area contributed by atoms with E-state index in [2.05, 4.69) is 0 Å². The molecule has 0 amide bonds. The first-order chi connectivity index (χ1) is 9.67. The lowest BCUT2D eigenvalue weighted by molar-refractivity contribution is -0.131. The average Bonchev–Trinajstić information content (AvgIpc) is 2.63. The Kier molecular flexibility index (Phi) is 3.58. The summed E-state index contributed by atoms with van der Waals surface area (Å²) >= 11 is 0. The Morgan fingerprint density at radius 1 is 1.38 bits per heavy atom. The fourth-order valence-electron chi connectivity index (χ4n) is 1.98. The van der Waals surface area contributed by atoms with Gasteiger partial charge in [-0.15, -0.1) is 0 Å². The summed E-state index contributed by atoms with van der Waals surface area (Å²) < 4.78 is 34.9. The van der Waals surface area contributed by atoms with E-state index in [0.717, 1.165) is 6.26 Å². The lowest BCUT2D eigenvalue weighted by Crippen LogP contribution is -2.32. The summed E-state index contributed by atoms with van der Waals surface area (Å²) in [6.07, 6.45) is 0.891. The summed E-state index contributed by atoms with van der Waals surface area (Å²) in [5.41, 5.74) is -1.09. The fourth-order valence-corrected chi connectivity index (χ4v) is 2.45. The minimum Gasteiger partial charge on any atom is -0.501 e. The zero-order chi connectivity index (χ0) is 15.8. The first-order valence-corrected chi connectivity index (χ1v) is 7.86. The summed E-state index contributed by atoms with van der Waals surface area (Å²) in [4.78, 5) is 12.2. The summed E-state index contributed by atoms with van der Waals surface area (Å²) in [6, 6.07) is 6.55. The third kappa shape index (κ3) is 2.80. The zero-order valence-electron chi connectivity index (χ0n) is 11.7. The highest BCUT2D eigenvalue weighted by Gasteiger charge is 2.48. The van der Waals surface area contributed by atoms with Gasteiger partial charge in [0, 0.05) is 5.56 Å². The number of aliphatic hydroxyl groups is 1. The van der Waals surface area contributed by atoms with Crippen LogP contribution in [0.25, 0.3) is 0 Å². The average molecular weight is 313 g/mol. The Hall–Kier alpha value is -2.22. The number of carbonyl (C=O) groups is 1. The number of methoxy groups -OCH3 is 1. The van der Waals surface area contributed by atoms with E-state index in [1.165, 1.54) is 14.0 Å². The number of rotatable bonds is 4. The van der Waals surface area contributed by atoms with Gasteiger partial charge in [-0.25, -0.2) is 8.42 Å². The second-order valence-electron chi connectivity index (χ2n) is 4.75. The Bertz CT molecular complexity index is 724. The van der Waals surface area contributed by atoms with Crippen molar-refractivity contribution in [1.82, 2.24) is 4.72 Å². The van der Waals surface area contributed by atoms with Crippen molar-refractivity contribution in [3.63, 3.8) is 0 Å². The minimum absolute atomic E-state index is 0.434. The summed E-state index contributed by atoms with van der Waals surface area (Å²) in [6.45, 7) is 1.44. The van der Waals surface area contributed by atoms with Crippen LogP contribution in [0.2, 0.25) is 0 Å². The van der Waals surface area contributed by atoms with Gasteiger partial charge < -0.3 is 14.6 Å². The van der Waals surface area contributed by atoms with Crippen LogP contribution in [0.1, 0.15) is 12.5 Å². The molecule has 0 fully saturated rings. The van der Waals surface area contributed by atoms with Gasteiger partial charge in [-0.2, -0.15) is 0 Å². The number of nitrogens with one attached hydrogen (secondary N) is 1. The van der Waals surface area contributed by atoms with Crippen molar-refractivity contribution in [2.24, 2.45) is 0 Å². The van der Waals surface area contributed by atoms with Crippen molar-refractivity contribution in [2.75, 3.05) is 13.4 Å². The molecule has 0 spiro atoms. The molecule has 0 aliphatic carbocycles. The number of sulfonamides is 1. The van der Waals surface area contributed by atoms with Gasteiger partial charge in [-0.3, -0.25) is 9.52 Å². The smallest absolute Gasteiger partial charge is 0.250 e. The molecule has 2 N–H and O–H groups in total. The normalized spacial score (nSPS) is 22.1. The molecule has 1 heterocycles. The number of ether oxygens (including phenoxy) is 2. The van der Waals surface area contributed by atoms with Crippen molar-refractivity contribution in [1.29, 1.82) is 0 Å². The first kappa shape index (κ1) is 15.2. The molecule has 1 aliphatic heterocycles. The van der Waals surface area contributed by atoms with Gasteiger partial charge in [0.25, 0.3) is 5.78 Å². The molecule has 0 bridgehead atoms. The van der Waals surface area contributed by atoms with Crippen LogP contribution in [0.3, 0.4) is 0 Å². The zero-order valence-corrected chi connectivity index (χ0v) is 12.5. The van der Waals surface area contributed by atoms with Crippen molar-refractivity contribution >= 4 is 15.8 Å². The van der Waals surface area contributed by atoms with Crippen molar-refractivity contribution in [3.8, 4) is 5.75 Å². The maximum absolute atomic E-state index is 12.2. The molecule has 1 aromatic carbocycles. The molecule has 0 saturated heterocycles. The summed E-state index contributed by atoms with van der Waals surface area (Å²) in [5.74, 6) is -1.46. The molecular weight excluding hydrogens is 298 g/mol. The van der Waals surface area contributed by atoms with E-state index in [-0.39, 0.29) is 0 Å². The van der Waals surface area contributed by atoms with Crippen LogP contribution in [-0.4, -0.2) is 32.7 Å². The Labute approximate surface area is 122 Å². The van der Waals surface area contributed by atoms with E-state index in [1.807, 2.05) is 4.72 Å². The number of carbonyl (C=O) groups excluding carboxylic acids is 1. The molecule has 21 heavy (non-hydrogen) atoms. The van der Waals surface area contributed by atoms with Gasteiger partial charge in [0.2, 0.25) is 21.7 Å². The Balaban J connectivity index is 2.40. The van der Waals surface area contributed by atoms with E-state index in [4.69, 9.17) is 9.47 Å². The highest BCUT2D eigenvalue weighted by molar-refractivity contribution is 7.88. The summed E-state index contributed by atoms with van der Waals surface area (Å²) in [7, 11) is -2.20. The maximum Gasteiger partial charge on any atom is 0.250 e. The van der Waals surface area contributed by atoms with E-state index in [1.54, 1.807) is 24.3 Å². The molecule has 1 unspecified atom stereocenters. The minimum atomic E-state index is -3.68. The number of benzene rings is 1. The highest BCUT2D eigenvalue weighted by Crippen LogP contribution is 2.38. The number of Topliss-reactive ketones (excluding diaryl/α,β-unsaturated/α-hetero) is 1. The third-order valence-corrected chi connectivity index (χ3v) is 3.62. The molecule has 7 nitrogen and oxygen atoms in total. The molecule has 8 heteroatoms. The Morgan fingerprint density at radius 3 is 2.62 bits per heavy atom. The van der Waals surface area contributed by atoms with Crippen LogP contribution in [0.15, 0.2) is 35.9 Å². The monoisotopic (exact) mass is 313 g/mol. The maximum atomic E-state index is 12.2. The lowest BCUT2D eigenvalue weighted by atomic mass is 9.91. The Morgan fingerprint density at radius 2 is 2.05 bits per heavy atom. The van der Waals surface area contributed by atoms with Gasteiger partial charge in [0.05, 0.1) is 13.4 Å². The molecule has 114 valence electrons. The molecule has 1 atom stereocenters. The topological polar surface area (TPSA) is 102 Å². The quantitative estimate of drug-likeness (QED) is 0.852. The second-order valence-corrected chi connectivity index (χ2v) is 6.50. The molecule has 0 radical (unpaired) electrons. The number of hydrogen-bond donors (Lipinski definition) is 2. The second kappa shape index (κ2) is 4.96. The van der Waals surface area contributed by atoms with E-state index >= 15 is 0 Å². The summed E-state index contributed by atoms with van der Waals surface area (Å²) in [5, 5.41) is 9.79. The van der Waals surface area contributed by atoms with E-state index in [0.29, 0.717) is 11.3 Å². The van der Waals surface area contributed by atoms with Crippen LogP contribution in [0.4, 0.5) is 0 Å². The van der Waals surface area contributed by atoms with Crippen molar-refractivity contribution in [2.45, 2.75) is 12.5 Å². The van der Waals surface area contributed by atoms with Crippen LogP contribution in [0, 0.1) is 0 Å². The van der Waals surface area contributed by atoms with Gasteiger partial charge >= 0.3 is 0 Å². The van der Waals surface area contributed by atoms with Gasteiger partial charge in [-0.05, 0) is 19.1 Å². The van der Waals surface area contributed by atoms with Gasteiger partial charge in [0.15, 0.2) is 5.60 Å². The van der Waals surface area contributed by atoms with Crippen molar-refractivity contribution in [3.05, 3.63) is 41.5 Å². The molecule has 0 saturated carbocycles. The fraction of sp³-hybridized carbons (Fsp3) is 0.308. The van der Waals surface area contributed by atoms with Gasteiger partial charge in [0.1, 0.15) is 5.75 Å². The largest absolute Gasteiger partial charge is 0.501 e. The number of hydrogen-bond acceptors (Lipinski definition) is 6. The van der Waals surface area contributed by atoms with Crippen LogP contribution in [-0.2, 0) is 25.2 Å². The molecule has 1 aromatic rings. The first-order valence-electron chi connectivity index (χ1n) is 5.97. The third-order valence-electron chi connectivity index (χ3n) is 3.07. The molecule has 1 aliphatic rings. The number of aliphatic hydroxyl groups excluding tert-OH is 1.